The normalized spacial score (nSPS) is 27.1. The SMILES string of the molecule is Cc1nc(CN2CCN(CC(=O)N(C)C)C3CS(=O)(=O)CC32)no1. The summed E-state index contributed by atoms with van der Waals surface area (Å²) in [7, 11) is 0.306. The van der Waals surface area contributed by atoms with E-state index in [2.05, 4.69) is 15.0 Å². The van der Waals surface area contributed by atoms with Crippen LogP contribution in [0.3, 0.4) is 0 Å². The van der Waals surface area contributed by atoms with Crippen LogP contribution in [-0.4, -0.2) is 96.5 Å². The molecule has 0 N–H and O–H groups in total. The summed E-state index contributed by atoms with van der Waals surface area (Å²) in [5.74, 6) is 1.26. The van der Waals surface area contributed by atoms with Crippen molar-refractivity contribution >= 4 is 15.7 Å². The molecule has 2 aliphatic rings. The van der Waals surface area contributed by atoms with Crippen LogP contribution in [0.15, 0.2) is 4.52 Å². The number of amides is 1. The van der Waals surface area contributed by atoms with Gasteiger partial charge in [-0.05, 0) is 0 Å². The van der Waals surface area contributed by atoms with E-state index in [9.17, 15) is 13.2 Å². The molecule has 1 aromatic rings. The van der Waals surface area contributed by atoms with Gasteiger partial charge in [-0.15, -0.1) is 0 Å². The minimum absolute atomic E-state index is 0.0136. The molecule has 2 atom stereocenters. The van der Waals surface area contributed by atoms with Crippen LogP contribution in [0.5, 0.6) is 0 Å². The number of hydrogen-bond donors (Lipinski definition) is 0. The molecule has 134 valence electrons. The maximum absolute atomic E-state index is 12.2. The first-order valence-electron chi connectivity index (χ1n) is 7.93. The highest BCUT2D eigenvalue weighted by molar-refractivity contribution is 7.91. The highest BCUT2D eigenvalue weighted by atomic mass is 32.2. The lowest BCUT2D eigenvalue weighted by atomic mass is 10.0. The third-order valence-electron chi connectivity index (χ3n) is 4.66. The lowest BCUT2D eigenvalue weighted by Gasteiger charge is -2.43. The van der Waals surface area contributed by atoms with Gasteiger partial charge >= 0.3 is 0 Å². The van der Waals surface area contributed by atoms with E-state index in [1.54, 1.807) is 21.0 Å². The van der Waals surface area contributed by atoms with Crippen LogP contribution in [0.25, 0.3) is 0 Å². The molecule has 0 bridgehead atoms. The summed E-state index contributed by atoms with van der Waals surface area (Å²) in [4.78, 5) is 21.9. The minimum Gasteiger partial charge on any atom is -0.348 e. The van der Waals surface area contributed by atoms with Crippen LogP contribution >= 0.6 is 0 Å². The van der Waals surface area contributed by atoms with E-state index in [1.807, 2.05) is 4.90 Å². The summed E-state index contributed by atoms with van der Waals surface area (Å²) in [6, 6.07) is -0.307. The molecule has 0 radical (unpaired) electrons. The van der Waals surface area contributed by atoms with Crippen molar-refractivity contribution in [1.82, 2.24) is 24.8 Å². The summed E-state index contributed by atoms with van der Waals surface area (Å²) < 4.78 is 29.3. The number of hydrogen-bond acceptors (Lipinski definition) is 8. The van der Waals surface area contributed by atoms with Crippen LogP contribution in [0, 0.1) is 6.92 Å². The Hall–Kier alpha value is -1.52. The average molecular weight is 357 g/mol. The first-order chi connectivity index (χ1) is 11.2. The van der Waals surface area contributed by atoms with E-state index in [0.29, 0.717) is 31.3 Å². The lowest BCUT2D eigenvalue weighted by Crippen LogP contribution is -2.60. The van der Waals surface area contributed by atoms with E-state index in [4.69, 9.17) is 4.52 Å². The van der Waals surface area contributed by atoms with Gasteiger partial charge in [0.15, 0.2) is 15.7 Å². The maximum Gasteiger partial charge on any atom is 0.236 e. The molecule has 2 unspecified atom stereocenters. The molecule has 2 aliphatic heterocycles. The molecule has 1 amide bonds. The summed E-state index contributed by atoms with van der Waals surface area (Å²) in [5, 5.41) is 3.90. The average Bonchev–Trinajstić information content (AvgIpc) is 3.03. The first-order valence-corrected chi connectivity index (χ1v) is 9.75. The zero-order valence-electron chi connectivity index (χ0n) is 14.2. The molecule has 3 heterocycles. The highest BCUT2D eigenvalue weighted by Gasteiger charge is 2.47. The van der Waals surface area contributed by atoms with Gasteiger partial charge in [-0.3, -0.25) is 14.6 Å². The lowest BCUT2D eigenvalue weighted by molar-refractivity contribution is -0.131. The minimum atomic E-state index is -3.11. The third kappa shape index (κ3) is 3.60. The quantitative estimate of drug-likeness (QED) is 0.659. The monoisotopic (exact) mass is 357 g/mol. The van der Waals surface area contributed by atoms with E-state index < -0.39 is 9.84 Å². The maximum atomic E-state index is 12.2. The number of carbonyl (C=O) groups is 1. The van der Waals surface area contributed by atoms with Crippen molar-refractivity contribution in [1.29, 1.82) is 0 Å². The van der Waals surface area contributed by atoms with Crippen LogP contribution in [-0.2, 0) is 21.2 Å². The second-order valence-corrected chi connectivity index (χ2v) is 8.82. The standard InChI is InChI=1S/C14H23N5O4S/c1-10-15-13(16-23-10)6-18-4-5-19(7-14(20)17(2)3)12-9-24(21,22)8-11(12)18/h11-12H,4-9H2,1-3H3. The van der Waals surface area contributed by atoms with Gasteiger partial charge in [0.05, 0.1) is 24.6 Å². The Bertz CT molecular complexity index is 717. The summed E-state index contributed by atoms with van der Waals surface area (Å²) in [6.45, 7) is 3.75. The second kappa shape index (κ2) is 6.41. The Kier molecular flexibility index (Phi) is 4.63. The Labute approximate surface area is 141 Å². The van der Waals surface area contributed by atoms with E-state index in [1.165, 1.54) is 4.90 Å². The third-order valence-corrected chi connectivity index (χ3v) is 6.36. The zero-order chi connectivity index (χ0) is 17.5. The number of rotatable bonds is 4. The van der Waals surface area contributed by atoms with Crippen molar-refractivity contribution in [3.63, 3.8) is 0 Å². The molecule has 3 rings (SSSR count). The molecule has 0 aliphatic carbocycles. The number of carbonyl (C=O) groups excluding carboxylic acids is 1. The Balaban J connectivity index is 1.76. The molecular formula is C14H23N5O4S. The molecule has 1 aromatic heterocycles. The molecule has 10 heteroatoms. The molecule has 2 fully saturated rings. The van der Waals surface area contributed by atoms with Gasteiger partial charge in [0, 0.05) is 46.2 Å². The predicted molar refractivity (Wildman–Crippen MR) is 85.9 cm³/mol. The van der Waals surface area contributed by atoms with Gasteiger partial charge in [0.1, 0.15) is 0 Å². The molecule has 0 saturated carbocycles. The van der Waals surface area contributed by atoms with Gasteiger partial charge in [-0.2, -0.15) is 4.98 Å². The fourth-order valence-corrected chi connectivity index (χ4v) is 5.43. The highest BCUT2D eigenvalue weighted by Crippen LogP contribution is 2.27. The molecule has 0 spiro atoms. The second-order valence-electron chi connectivity index (χ2n) is 6.67. The van der Waals surface area contributed by atoms with E-state index in [0.717, 1.165) is 0 Å². The van der Waals surface area contributed by atoms with E-state index >= 15 is 0 Å². The number of likely N-dealkylation sites (N-methyl/N-ethyl adjacent to an activating group) is 1. The molecule has 0 aromatic carbocycles. The molecule has 24 heavy (non-hydrogen) atoms. The molecular weight excluding hydrogens is 334 g/mol. The van der Waals surface area contributed by atoms with Gasteiger partial charge < -0.3 is 9.42 Å². The number of fused-ring (bicyclic) bond motifs is 1. The number of nitrogens with zero attached hydrogens (tertiary/aromatic N) is 5. The Morgan fingerprint density at radius 2 is 1.88 bits per heavy atom. The van der Waals surface area contributed by atoms with Crippen LogP contribution in [0.4, 0.5) is 0 Å². The van der Waals surface area contributed by atoms with Crippen molar-refractivity contribution in [3.8, 4) is 0 Å². The Morgan fingerprint density at radius 1 is 1.25 bits per heavy atom. The number of aryl methyl sites for hydroxylation is 1. The fraction of sp³-hybridized carbons (Fsp3) is 0.786. The van der Waals surface area contributed by atoms with Crippen LogP contribution < -0.4 is 0 Å². The molecule has 9 nitrogen and oxygen atoms in total. The first kappa shape index (κ1) is 17.3. The van der Waals surface area contributed by atoms with Crippen molar-refractivity contribution < 1.29 is 17.7 Å². The fourth-order valence-electron chi connectivity index (χ4n) is 3.39. The topological polar surface area (TPSA) is 99.9 Å². The van der Waals surface area contributed by atoms with Crippen molar-refractivity contribution in [2.45, 2.75) is 25.6 Å². The Morgan fingerprint density at radius 3 is 2.46 bits per heavy atom. The van der Waals surface area contributed by atoms with Gasteiger partial charge in [-0.1, -0.05) is 5.16 Å². The largest absolute Gasteiger partial charge is 0.348 e. The summed E-state index contributed by atoms with van der Waals surface area (Å²) in [5.41, 5.74) is 0. The van der Waals surface area contributed by atoms with Crippen LogP contribution in [0.2, 0.25) is 0 Å². The number of sulfone groups is 1. The van der Waals surface area contributed by atoms with Gasteiger partial charge in [-0.25, -0.2) is 8.42 Å². The van der Waals surface area contributed by atoms with Crippen LogP contribution in [0.1, 0.15) is 11.7 Å². The van der Waals surface area contributed by atoms with E-state index in [-0.39, 0.29) is 36.0 Å². The zero-order valence-corrected chi connectivity index (χ0v) is 15.0. The van der Waals surface area contributed by atoms with Crippen molar-refractivity contribution in [2.24, 2.45) is 0 Å². The molecule has 2 saturated heterocycles. The van der Waals surface area contributed by atoms with Gasteiger partial charge in [0.25, 0.3) is 0 Å². The smallest absolute Gasteiger partial charge is 0.236 e. The number of aromatic nitrogens is 2. The van der Waals surface area contributed by atoms with Crippen molar-refractivity contribution in [3.05, 3.63) is 11.7 Å². The summed E-state index contributed by atoms with van der Waals surface area (Å²) in [6.07, 6.45) is 0. The summed E-state index contributed by atoms with van der Waals surface area (Å²) >= 11 is 0. The predicted octanol–water partition coefficient (Wildman–Crippen LogP) is -1.25. The number of piperazine rings is 1. The van der Waals surface area contributed by atoms with Crippen molar-refractivity contribution in [2.75, 3.05) is 45.2 Å². The van der Waals surface area contributed by atoms with Gasteiger partial charge in [0.2, 0.25) is 11.8 Å².